The first-order chi connectivity index (χ1) is 10.4. The lowest BCUT2D eigenvalue weighted by Crippen LogP contribution is -2.40. The number of carbonyl (C=O) groups excluding carboxylic acids is 1. The SMILES string of the molecule is CNCC1CCN(C(=O)c2ccccc2NS(C)(=O)=O)CC1.Cl. The summed E-state index contributed by atoms with van der Waals surface area (Å²) in [5.74, 6) is 0.480. The van der Waals surface area contributed by atoms with Gasteiger partial charge in [-0.25, -0.2) is 8.42 Å². The van der Waals surface area contributed by atoms with Crippen LogP contribution in [0.2, 0.25) is 0 Å². The van der Waals surface area contributed by atoms with Crippen LogP contribution in [0, 0.1) is 5.92 Å². The van der Waals surface area contributed by atoms with Gasteiger partial charge in [-0.15, -0.1) is 12.4 Å². The second-order valence-electron chi connectivity index (χ2n) is 5.71. The van der Waals surface area contributed by atoms with Gasteiger partial charge in [-0.1, -0.05) is 12.1 Å². The Morgan fingerprint density at radius 3 is 2.43 bits per heavy atom. The molecule has 2 rings (SSSR count). The fourth-order valence-corrected chi connectivity index (χ4v) is 3.34. The Morgan fingerprint density at radius 2 is 1.87 bits per heavy atom. The van der Waals surface area contributed by atoms with Gasteiger partial charge in [0.25, 0.3) is 5.91 Å². The average molecular weight is 362 g/mol. The van der Waals surface area contributed by atoms with Crippen molar-refractivity contribution in [1.82, 2.24) is 10.2 Å². The summed E-state index contributed by atoms with van der Waals surface area (Å²) in [4.78, 5) is 14.4. The lowest BCUT2D eigenvalue weighted by Gasteiger charge is -2.32. The van der Waals surface area contributed by atoms with Crippen LogP contribution in [0.1, 0.15) is 23.2 Å². The van der Waals surface area contributed by atoms with Crippen molar-refractivity contribution in [3.63, 3.8) is 0 Å². The molecular weight excluding hydrogens is 338 g/mol. The number of nitrogens with one attached hydrogen (secondary N) is 2. The number of piperidine rings is 1. The first-order valence-corrected chi connectivity index (χ1v) is 9.30. The molecule has 1 fully saturated rings. The summed E-state index contributed by atoms with van der Waals surface area (Å²) >= 11 is 0. The predicted molar refractivity (Wildman–Crippen MR) is 94.7 cm³/mol. The highest BCUT2D eigenvalue weighted by molar-refractivity contribution is 7.92. The maximum absolute atomic E-state index is 12.6. The monoisotopic (exact) mass is 361 g/mol. The molecule has 23 heavy (non-hydrogen) atoms. The van der Waals surface area contributed by atoms with E-state index in [1.54, 1.807) is 29.2 Å². The van der Waals surface area contributed by atoms with Crippen molar-refractivity contribution >= 4 is 34.0 Å². The Morgan fingerprint density at radius 1 is 1.26 bits per heavy atom. The Hall–Kier alpha value is -1.31. The van der Waals surface area contributed by atoms with E-state index in [0.29, 0.717) is 30.3 Å². The smallest absolute Gasteiger partial charge is 0.255 e. The zero-order chi connectivity index (χ0) is 16.2. The van der Waals surface area contributed by atoms with Crippen LogP contribution in [-0.2, 0) is 10.0 Å². The van der Waals surface area contributed by atoms with Gasteiger partial charge < -0.3 is 10.2 Å². The molecule has 1 aromatic rings. The van der Waals surface area contributed by atoms with E-state index in [2.05, 4.69) is 10.0 Å². The van der Waals surface area contributed by atoms with Crippen molar-refractivity contribution in [2.24, 2.45) is 5.92 Å². The molecule has 0 spiro atoms. The minimum atomic E-state index is -3.41. The van der Waals surface area contributed by atoms with E-state index in [1.807, 2.05) is 7.05 Å². The Kier molecular flexibility index (Phi) is 7.31. The molecule has 1 aromatic carbocycles. The molecule has 130 valence electrons. The Labute approximate surface area is 144 Å². The van der Waals surface area contributed by atoms with Gasteiger partial charge in [0.15, 0.2) is 0 Å². The number of benzene rings is 1. The molecule has 2 N–H and O–H groups in total. The van der Waals surface area contributed by atoms with E-state index < -0.39 is 10.0 Å². The minimum absolute atomic E-state index is 0. The number of likely N-dealkylation sites (tertiary alicyclic amines) is 1. The quantitative estimate of drug-likeness (QED) is 0.834. The highest BCUT2D eigenvalue weighted by Gasteiger charge is 2.25. The molecule has 0 aliphatic carbocycles. The average Bonchev–Trinajstić information content (AvgIpc) is 2.47. The number of nitrogens with zero attached hydrogens (tertiary/aromatic N) is 1. The lowest BCUT2D eigenvalue weighted by molar-refractivity contribution is 0.0692. The number of carbonyl (C=O) groups is 1. The summed E-state index contributed by atoms with van der Waals surface area (Å²) in [6.45, 7) is 2.38. The summed E-state index contributed by atoms with van der Waals surface area (Å²) in [5, 5.41) is 3.17. The molecule has 1 aliphatic rings. The molecule has 0 radical (unpaired) electrons. The topological polar surface area (TPSA) is 78.5 Å². The van der Waals surface area contributed by atoms with E-state index in [0.717, 1.165) is 25.6 Å². The zero-order valence-corrected chi connectivity index (χ0v) is 15.0. The molecule has 0 unspecified atom stereocenters. The van der Waals surface area contributed by atoms with E-state index in [-0.39, 0.29) is 18.3 Å². The predicted octanol–water partition coefficient (Wildman–Crippen LogP) is 1.55. The van der Waals surface area contributed by atoms with Crippen molar-refractivity contribution < 1.29 is 13.2 Å². The Bertz CT molecular complexity index is 629. The highest BCUT2D eigenvalue weighted by Crippen LogP contribution is 2.22. The van der Waals surface area contributed by atoms with Gasteiger partial charge >= 0.3 is 0 Å². The summed E-state index contributed by atoms with van der Waals surface area (Å²) in [6.07, 6.45) is 3.01. The van der Waals surface area contributed by atoms with Crippen molar-refractivity contribution in [3.05, 3.63) is 29.8 Å². The molecule has 1 saturated heterocycles. The summed E-state index contributed by atoms with van der Waals surface area (Å²) in [7, 11) is -1.47. The van der Waals surface area contributed by atoms with E-state index in [4.69, 9.17) is 0 Å². The standard InChI is InChI=1S/C15H23N3O3S.ClH/c1-16-11-12-7-9-18(10-8-12)15(19)13-5-3-4-6-14(13)17-22(2,20)21;/h3-6,12,16-17H,7-11H2,1-2H3;1H. The fraction of sp³-hybridized carbons (Fsp3) is 0.533. The number of amides is 1. The van der Waals surface area contributed by atoms with Gasteiger partial charge in [0, 0.05) is 13.1 Å². The van der Waals surface area contributed by atoms with Crippen LogP contribution in [0.25, 0.3) is 0 Å². The van der Waals surface area contributed by atoms with Crippen LogP contribution >= 0.6 is 12.4 Å². The third-order valence-electron chi connectivity index (χ3n) is 3.85. The van der Waals surface area contributed by atoms with Crippen LogP contribution < -0.4 is 10.0 Å². The van der Waals surface area contributed by atoms with Gasteiger partial charge in [0.2, 0.25) is 10.0 Å². The number of rotatable bonds is 5. The van der Waals surface area contributed by atoms with Gasteiger partial charge in [-0.2, -0.15) is 0 Å². The second-order valence-corrected chi connectivity index (χ2v) is 7.46. The molecule has 0 saturated carbocycles. The maximum Gasteiger partial charge on any atom is 0.255 e. The number of halogens is 1. The third kappa shape index (κ3) is 5.67. The van der Waals surface area contributed by atoms with Crippen molar-refractivity contribution in [2.45, 2.75) is 12.8 Å². The van der Waals surface area contributed by atoms with Gasteiger partial charge in [0.1, 0.15) is 0 Å². The molecule has 1 heterocycles. The number of hydrogen-bond acceptors (Lipinski definition) is 4. The molecule has 0 bridgehead atoms. The molecule has 6 nitrogen and oxygen atoms in total. The number of para-hydroxylation sites is 1. The van der Waals surface area contributed by atoms with Crippen LogP contribution in [0.5, 0.6) is 0 Å². The van der Waals surface area contributed by atoms with E-state index in [1.165, 1.54) is 0 Å². The molecule has 0 atom stereocenters. The molecule has 0 aromatic heterocycles. The first-order valence-electron chi connectivity index (χ1n) is 7.41. The van der Waals surface area contributed by atoms with Crippen LogP contribution in [0.15, 0.2) is 24.3 Å². The maximum atomic E-state index is 12.6. The summed E-state index contributed by atoms with van der Waals surface area (Å²) in [6, 6.07) is 6.73. The summed E-state index contributed by atoms with van der Waals surface area (Å²) < 4.78 is 25.3. The van der Waals surface area contributed by atoms with Crippen LogP contribution in [0.3, 0.4) is 0 Å². The number of hydrogen-bond donors (Lipinski definition) is 2. The van der Waals surface area contributed by atoms with Crippen molar-refractivity contribution in [2.75, 3.05) is 37.7 Å². The molecule has 1 aliphatic heterocycles. The molecule has 8 heteroatoms. The van der Waals surface area contributed by atoms with E-state index in [9.17, 15) is 13.2 Å². The summed E-state index contributed by atoms with van der Waals surface area (Å²) in [5.41, 5.74) is 0.743. The zero-order valence-electron chi connectivity index (χ0n) is 13.4. The first kappa shape index (κ1) is 19.7. The normalized spacial score (nSPS) is 15.8. The highest BCUT2D eigenvalue weighted by atomic mass is 35.5. The Balaban J connectivity index is 0.00000264. The molecule has 1 amide bonds. The third-order valence-corrected chi connectivity index (χ3v) is 4.44. The van der Waals surface area contributed by atoms with Gasteiger partial charge in [-0.3, -0.25) is 9.52 Å². The van der Waals surface area contributed by atoms with Crippen molar-refractivity contribution in [3.8, 4) is 0 Å². The number of anilines is 1. The minimum Gasteiger partial charge on any atom is -0.339 e. The largest absolute Gasteiger partial charge is 0.339 e. The van der Waals surface area contributed by atoms with E-state index >= 15 is 0 Å². The van der Waals surface area contributed by atoms with Crippen LogP contribution in [0.4, 0.5) is 5.69 Å². The fourth-order valence-electron chi connectivity index (χ4n) is 2.76. The van der Waals surface area contributed by atoms with Crippen LogP contribution in [-0.4, -0.2) is 52.2 Å². The number of sulfonamides is 1. The van der Waals surface area contributed by atoms with Gasteiger partial charge in [0.05, 0.1) is 17.5 Å². The van der Waals surface area contributed by atoms with Gasteiger partial charge in [-0.05, 0) is 44.5 Å². The molecular formula is C15H24ClN3O3S. The lowest BCUT2D eigenvalue weighted by atomic mass is 9.96. The second kappa shape index (κ2) is 8.52. The van der Waals surface area contributed by atoms with Crippen molar-refractivity contribution in [1.29, 1.82) is 0 Å².